The predicted octanol–water partition coefficient (Wildman–Crippen LogP) is 3.69. The molecule has 0 radical (unpaired) electrons. The molecule has 21 heavy (non-hydrogen) atoms. The van der Waals surface area contributed by atoms with E-state index < -0.39 is 0 Å². The first-order chi connectivity index (χ1) is 10.3. The van der Waals surface area contributed by atoms with Gasteiger partial charge in [0.05, 0.1) is 11.0 Å². The fourth-order valence-corrected chi connectivity index (χ4v) is 2.83. The van der Waals surface area contributed by atoms with Crippen LogP contribution in [0.25, 0.3) is 11.0 Å². The molecule has 0 saturated heterocycles. The number of aromatic nitrogens is 2. The lowest BCUT2D eigenvalue weighted by Gasteiger charge is -2.06. The number of aryl methyl sites for hydroxylation is 1. The molecule has 1 heterocycles. The number of rotatable bonds is 7. The summed E-state index contributed by atoms with van der Waals surface area (Å²) < 4.78 is 2.33. The van der Waals surface area contributed by atoms with Crippen LogP contribution in [0.4, 0.5) is 0 Å². The van der Waals surface area contributed by atoms with Crippen molar-refractivity contribution in [1.82, 2.24) is 14.9 Å². The Morgan fingerprint density at radius 3 is 2.95 bits per heavy atom. The summed E-state index contributed by atoms with van der Waals surface area (Å²) in [7, 11) is 0. The molecule has 0 atom stereocenters. The van der Waals surface area contributed by atoms with Gasteiger partial charge in [-0.25, -0.2) is 4.98 Å². The first kappa shape index (κ1) is 14.3. The van der Waals surface area contributed by atoms with Crippen LogP contribution in [0.3, 0.4) is 0 Å². The Labute approximate surface area is 127 Å². The highest BCUT2D eigenvalue weighted by Gasteiger charge is 2.19. The average molecular weight is 283 g/mol. The highest BCUT2D eigenvalue weighted by Crippen LogP contribution is 2.19. The standard InChI is InChI=1S/C18H25N3/c1-3-21-17-9-5-4-8-16(17)20-18(21)13-14(2)7-6-12-19-15-10-11-15/h4-5,7-9,15,19H,3,6,10-13H2,1-2H3. The summed E-state index contributed by atoms with van der Waals surface area (Å²) in [6.07, 6.45) is 7.15. The average Bonchev–Trinajstić information content (AvgIpc) is 3.24. The van der Waals surface area contributed by atoms with Crippen LogP contribution in [-0.2, 0) is 13.0 Å². The van der Waals surface area contributed by atoms with Crippen LogP contribution in [0.5, 0.6) is 0 Å². The van der Waals surface area contributed by atoms with E-state index in [2.05, 4.69) is 54.1 Å². The molecule has 0 spiro atoms. The predicted molar refractivity (Wildman–Crippen MR) is 88.5 cm³/mol. The van der Waals surface area contributed by atoms with Crippen LogP contribution in [0, 0.1) is 0 Å². The zero-order chi connectivity index (χ0) is 14.7. The van der Waals surface area contributed by atoms with Crippen molar-refractivity contribution in [3.05, 3.63) is 41.7 Å². The van der Waals surface area contributed by atoms with Gasteiger partial charge >= 0.3 is 0 Å². The van der Waals surface area contributed by atoms with Crippen molar-refractivity contribution in [2.24, 2.45) is 0 Å². The van der Waals surface area contributed by atoms with Crippen molar-refractivity contribution < 1.29 is 0 Å². The van der Waals surface area contributed by atoms with E-state index in [0.717, 1.165) is 37.5 Å². The molecule has 1 aromatic carbocycles. The Bertz CT molecular complexity index is 635. The van der Waals surface area contributed by atoms with Crippen LogP contribution in [-0.4, -0.2) is 22.1 Å². The molecule has 1 N–H and O–H groups in total. The lowest BCUT2D eigenvalue weighted by molar-refractivity contribution is 0.686. The Morgan fingerprint density at radius 1 is 1.38 bits per heavy atom. The lowest BCUT2D eigenvalue weighted by Crippen LogP contribution is -2.16. The van der Waals surface area contributed by atoms with E-state index in [1.807, 2.05) is 0 Å². The Morgan fingerprint density at radius 2 is 2.19 bits per heavy atom. The summed E-state index contributed by atoms with van der Waals surface area (Å²) in [4.78, 5) is 4.80. The molecule has 1 saturated carbocycles. The molecule has 0 aliphatic heterocycles. The van der Waals surface area contributed by atoms with Gasteiger partial charge in [0.2, 0.25) is 0 Å². The maximum Gasteiger partial charge on any atom is 0.113 e. The summed E-state index contributed by atoms with van der Waals surface area (Å²) in [5.74, 6) is 1.18. The minimum atomic E-state index is 0.808. The maximum absolute atomic E-state index is 4.80. The zero-order valence-corrected chi connectivity index (χ0v) is 13.1. The molecule has 3 rings (SSSR count). The van der Waals surface area contributed by atoms with Crippen LogP contribution >= 0.6 is 0 Å². The number of fused-ring (bicyclic) bond motifs is 1. The Balaban J connectivity index is 1.66. The normalized spacial score (nSPS) is 15.8. The van der Waals surface area contributed by atoms with Gasteiger partial charge in [0, 0.05) is 19.0 Å². The largest absolute Gasteiger partial charge is 0.328 e. The summed E-state index contributed by atoms with van der Waals surface area (Å²) in [5.41, 5.74) is 3.77. The molecule has 0 amide bonds. The van der Waals surface area contributed by atoms with Crippen molar-refractivity contribution in [1.29, 1.82) is 0 Å². The van der Waals surface area contributed by atoms with Gasteiger partial charge in [-0.2, -0.15) is 0 Å². The minimum Gasteiger partial charge on any atom is -0.328 e. The Kier molecular flexibility index (Phi) is 4.39. The quantitative estimate of drug-likeness (QED) is 0.620. The monoisotopic (exact) mass is 283 g/mol. The maximum atomic E-state index is 4.80. The second kappa shape index (κ2) is 6.44. The van der Waals surface area contributed by atoms with E-state index in [0.29, 0.717) is 0 Å². The van der Waals surface area contributed by atoms with Crippen molar-refractivity contribution in [3.8, 4) is 0 Å². The van der Waals surface area contributed by atoms with Gasteiger partial charge in [-0.3, -0.25) is 0 Å². The molecule has 1 aromatic heterocycles. The lowest BCUT2D eigenvalue weighted by atomic mass is 10.1. The van der Waals surface area contributed by atoms with Crippen molar-refractivity contribution in [3.63, 3.8) is 0 Å². The molecular formula is C18H25N3. The third kappa shape index (κ3) is 3.53. The first-order valence-corrected chi connectivity index (χ1v) is 8.11. The van der Waals surface area contributed by atoms with Crippen LogP contribution in [0.1, 0.15) is 38.9 Å². The molecule has 1 aliphatic carbocycles. The second-order valence-electron chi connectivity index (χ2n) is 6.01. The van der Waals surface area contributed by atoms with Gasteiger partial charge in [-0.15, -0.1) is 0 Å². The summed E-state index contributed by atoms with van der Waals surface area (Å²) in [6, 6.07) is 9.22. The molecule has 1 fully saturated rings. The van der Waals surface area contributed by atoms with Crippen molar-refractivity contribution in [2.75, 3.05) is 6.54 Å². The van der Waals surface area contributed by atoms with Crippen molar-refractivity contribution in [2.45, 2.75) is 52.1 Å². The number of hydrogen-bond donors (Lipinski definition) is 1. The molecule has 2 aromatic rings. The van der Waals surface area contributed by atoms with Gasteiger partial charge in [-0.1, -0.05) is 23.8 Å². The van der Waals surface area contributed by atoms with Crippen LogP contribution in [0.2, 0.25) is 0 Å². The van der Waals surface area contributed by atoms with Gasteiger partial charge in [-0.05, 0) is 51.8 Å². The van der Waals surface area contributed by atoms with E-state index in [-0.39, 0.29) is 0 Å². The summed E-state index contributed by atoms with van der Waals surface area (Å²) >= 11 is 0. The van der Waals surface area contributed by atoms with E-state index >= 15 is 0 Å². The fourth-order valence-electron chi connectivity index (χ4n) is 2.83. The smallest absolute Gasteiger partial charge is 0.113 e. The number of benzene rings is 1. The number of nitrogens with zero attached hydrogens (tertiary/aromatic N) is 2. The van der Waals surface area contributed by atoms with Gasteiger partial charge in [0.15, 0.2) is 0 Å². The molecule has 0 unspecified atom stereocenters. The molecule has 3 heteroatoms. The number of hydrogen-bond acceptors (Lipinski definition) is 2. The number of nitrogens with one attached hydrogen (secondary N) is 1. The van der Waals surface area contributed by atoms with Crippen molar-refractivity contribution >= 4 is 11.0 Å². The summed E-state index contributed by atoms with van der Waals surface area (Å²) in [6.45, 7) is 6.49. The highest BCUT2D eigenvalue weighted by molar-refractivity contribution is 5.75. The number of allylic oxidation sites excluding steroid dienone is 1. The number of para-hydroxylation sites is 2. The van der Waals surface area contributed by atoms with Crippen LogP contribution in [0.15, 0.2) is 35.9 Å². The zero-order valence-electron chi connectivity index (χ0n) is 13.1. The van der Waals surface area contributed by atoms with E-state index in [9.17, 15) is 0 Å². The molecular weight excluding hydrogens is 258 g/mol. The highest BCUT2D eigenvalue weighted by atomic mass is 15.1. The molecule has 3 nitrogen and oxygen atoms in total. The van der Waals surface area contributed by atoms with E-state index in [4.69, 9.17) is 4.98 Å². The van der Waals surface area contributed by atoms with Crippen LogP contribution < -0.4 is 5.32 Å². The summed E-state index contributed by atoms with van der Waals surface area (Å²) in [5, 5.41) is 3.55. The van der Waals surface area contributed by atoms with E-state index in [1.165, 1.54) is 29.8 Å². The second-order valence-corrected chi connectivity index (χ2v) is 6.01. The third-order valence-electron chi connectivity index (χ3n) is 4.13. The van der Waals surface area contributed by atoms with Gasteiger partial charge in [0.1, 0.15) is 5.82 Å². The van der Waals surface area contributed by atoms with Gasteiger partial charge < -0.3 is 9.88 Å². The third-order valence-corrected chi connectivity index (χ3v) is 4.13. The number of imidazole rings is 1. The van der Waals surface area contributed by atoms with Gasteiger partial charge in [0.25, 0.3) is 0 Å². The molecule has 0 bridgehead atoms. The minimum absolute atomic E-state index is 0.808. The van der Waals surface area contributed by atoms with E-state index in [1.54, 1.807) is 0 Å². The molecule has 1 aliphatic rings. The SMILES string of the molecule is CCn1c(CC(C)=CCCNC2CC2)nc2ccccc21. The topological polar surface area (TPSA) is 29.9 Å². The fraction of sp³-hybridized carbons (Fsp3) is 0.500. The molecule has 112 valence electrons. The Hall–Kier alpha value is -1.61. The first-order valence-electron chi connectivity index (χ1n) is 8.11.